The molecule has 0 atom stereocenters. The molecule has 1 aliphatic rings. The first-order valence-electron chi connectivity index (χ1n) is 6.79. The van der Waals surface area contributed by atoms with Crippen LogP contribution in [0.4, 0.5) is 0 Å². The number of hydrogen-bond acceptors (Lipinski definition) is 4. The number of pyridine rings is 1. The zero-order chi connectivity index (χ0) is 15.9. The van der Waals surface area contributed by atoms with Crippen molar-refractivity contribution in [3.63, 3.8) is 0 Å². The summed E-state index contributed by atoms with van der Waals surface area (Å²) in [6.07, 6.45) is 2.85. The molecule has 6 heteroatoms. The van der Waals surface area contributed by atoms with Gasteiger partial charge >= 0.3 is 0 Å². The number of rotatable bonds is 3. The minimum atomic E-state index is -3.60. The lowest BCUT2D eigenvalue weighted by Gasteiger charge is -2.08. The van der Waals surface area contributed by atoms with E-state index in [4.69, 9.17) is 5.73 Å². The lowest BCUT2D eigenvalue weighted by Crippen LogP contribution is -2.30. The summed E-state index contributed by atoms with van der Waals surface area (Å²) >= 11 is 0. The van der Waals surface area contributed by atoms with E-state index in [9.17, 15) is 8.42 Å². The molecule has 0 aromatic carbocycles. The van der Waals surface area contributed by atoms with Crippen molar-refractivity contribution >= 4 is 10.0 Å². The van der Waals surface area contributed by atoms with Crippen molar-refractivity contribution in [2.45, 2.75) is 38.6 Å². The van der Waals surface area contributed by atoms with Crippen LogP contribution in [0.15, 0.2) is 23.4 Å². The Morgan fingerprint density at radius 2 is 1.90 bits per heavy atom. The van der Waals surface area contributed by atoms with Crippen molar-refractivity contribution in [3.05, 3.63) is 24.0 Å². The Bertz CT molecular complexity index is 698. The molecule has 0 bridgehead atoms. The highest BCUT2D eigenvalue weighted by Gasteiger charge is 2.66. The third-order valence-electron chi connectivity index (χ3n) is 4.65. The SMILES string of the molecule is CC1(C)C(NS(=O)(=O)c2cncc(C#CCN)c2)C1(C)C. The maximum atomic E-state index is 12.5. The van der Waals surface area contributed by atoms with Crippen LogP contribution in [0.3, 0.4) is 0 Å². The smallest absolute Gasteiger partial charge is 0.242 e. The van der Waals surface area contributed by atoms with Crippen LogP contribution in [-0.2, 0) is 10.0 Å². The van der Waals surface area contributed by atoms with Gasteiger partial charge in [0.05, 0.1) is 6.54 Å². The summed E-state index contributed by atoms with van der Waals surface area (Å²) in [6.45, 7) is 8.45. The van der Waals surface area contributed by atoms with Gasteiger partial charge in [-0.1, -0.05) is 39.5 Å². The zero-order valence-electron chi connectivity index (χ0n) is 12.8. The van der Waals surface area contributed by atoms with Gasteiger partial charge in [0.15, 0.2) is 0 Å². The van der Waals surface area contributed by atoms with E-state index < -0.39 is 10.0 Å². The predicted octanol–water partition coefficient (Wildman–Crippen LogP) is 1.10. The van der Waals surface area contributed by atoms with Crippen molar-refractivity contribution in [2.75, 3.05) is 6.54 Å². The molecular weight excluding hydrogens is 286 g/mol. The van der Waals surface area contributed by atoms with E-state index in [1.54, 1.807) is 0 Å². The van der Waals surface area contributed by atoms with Gasteiger partial charge in [0.1, 0.15) is 4.90 Å². The highest BCUT2D eigenvalue weighted by atomic mass is 32.2. The molecule has 1 aromatic heterocycles. The zero-order valence-corrected chi connectivity index (χ0v) is 13.6. The topological polar surface area (TPSA) is 85.1 Å². The van der Waals surface area contributed by atoms with Gasteiger partial charge < -0.3 is 5.73 Å². The number of nitrogens with one attached hydrogen (secondary N) is 1. The Hall–Kier alpha value is -1.42. The Balaban J connectivity index is 2.25. The summed E-state index contributed by atoms with van der Waals surface area (Å²) < 4.78 is 27.7. The van der Waals surface area contributed by atoms with Gasteiger partial charge in [-0.05, 0) is 16.9 Å². The molecule has 1 heterocycles. The molecule has 1 aromatic rings. The first-order valence-corrected chi connectivity index (χ1v) is 8.27. The Morgan fingerprint density at radius 3 is 2.43 bits per heavy atom. The number of aromatic nitrogens is 1. The van der Waals surface area contributed by atoms with Crippen molar-refractivity contribution < 1.29 is 8.42 Å². The van der Waals surface area contributed by atoms with E-state index in [1.807, 2.05) is 0 Å². The average Bonchev–Trinajstić information content (AvgIpc) is 2.79. The lowest BCUT2D eigenvalue weighted by molar-refractivity contribution is 0.457. The summed E-state index contributed by atoms with van der Waals surface area (Å²) in [5, 5.41) is 0. The molecule has 0 unspecified atom stereocenters. The summed E-state index contributed by atoms with van der Waals surface area (Å²) in [4.78, 5) is 4.07. The largest absolute Gasteiger partial charge is 0.320 e. The molecular formula is C15H21N3O2S. The van der Waals surface area contributed by atoms with Crippen LogP contribution < -0.4 is 10.5 Å². The lowest BCUT2D eigenvalue weighted by atomic mass is 10.0. The molecule has 0 amide bonds. The fourth-order valence-corrected chi connectivity index (χ4v) is 4.02. The molecule has 1 fully saturated rings. The predicted molar refractivity (Wildman–Crippen MR) is 81.8 cm³/mol. The monoisotopic (exact) mass is 307 g/mol. The molecule has 114 valence electrons. The summed E-state index contributed by atoms with van der Waals surface area (Å²) in [5.74, 6) is 5.47. The van der Waals surface area contributed by atoms with Crippen LogP contribution in [0, 0.1) is 22.7 Å². The van der Waals surface area contributed by atoms with Crippen LogP contribution >= 0.6 is 0 Å². The van der Waals surface area contributed by atoms with Gasteiger partial charge in [-0.15, -0.1) is 0 Å². The third kappa shape index (κ3) is 2.82. The van der Waals surface area contributed by atoms with E-state index >= 15 is 0 Å². The molecule has 0 saturated heterocycles. The van der Waals surface area contributed by atoms with Crippen LogP contribution in [0.1, 0.15) is 33.3 Å². The summed E-state index contributed by atoms with van der Waals surface area (Å²) in [6, 6.07) is 1.43. The van der Waals surface area contributed by atoms with Crippen LogP contribution in [0.5, 0.6) is 0 Å². The molecule has 1 aliphatic carbocycles. The second-order valence-corrected chi connectivity index (χ2v) is 8.13. The Labute approximate surface area is 126 Å². The minimum absolute atomic E-state index is 0.0650. The van der Waals surface area contributed by atoms with Crippen molar-refractivity contribution in [1.82, 2.24) is 9.71 Å². The van der Waals surface area contributed by atoms with E-state index in [0.29, 0.717) is 5.56 Å². The highest BCUT2D eigenvalue weighted by molar-refractivity contribution is 7.89. The summed E-state index contributed by atoms with van der Waals surface area (Å²) in [7, 11) is -3.60. The fraction of sp³-hybridized carbons (Fsp3) is 0.533. The van der Waals surface area contributed by atoms with Crippen molar-refractivity contribution in [3.8, 4) is 11.8 Å². The van der Waals surface area contributed by atoms with E-state index in [1.165, 1.54) is 18.5 Å². The van der Waals surface area contributed by atoms with Gasteiger partial charge in [-0.3, -0.25) is 4.98 Å². The standard InChI is InChI=1S/C15H21N3O2S/c1-14(2)13(15(14,3)4)18-21(19,20)12-8-11(6-5-7-16)9-17-10-12/h8-10,13,18H,7,16H2,1-4H3. The molecule has 21 heavy (non-hydrogen) atoms. The molecule has 2 rings (SSSR count). The van der Waals surface area contributed by atoms with Crippen LogP contribution in [-0.4, -0.2) is 26.0 Å². The van der Waals surface area contributed by atoms with E-state index in [2.05, 4.69) is 49.2 Å². The fourth-order valence-electron chi connectivity index (χ4n) is 2.50. The third-order valence-corrected chi connectivity index (χ3v) is 6.04. The Kier molecular flexibility index (Phi) is 3.87. The van der Waals surface area contributed by atoms with Gasteiger partial charge in [-0.2, -0.15) is 0 Å². The molecule has 0 aliphatic heterocycles. The number of hydrogen-bond donors (Lipinski definition) is 2. The molecule has 3 N–H and O–H groups in total. The first kappa shape index (κ1) is 16.0. The minimum Gasteiger partial charge on any atom is -0.320 e. The molecule has 1 saturated carbocycles. The average molecular weight is 307 g/mol. The van der Waals surface area contributed by atoms with Crippen LogP contribution in [0.2, 0.25) is 0 Å². The molecule has 0 radical (unpaired) electrons. The molecule has 0 spiro atoms. The second-order valence-electron chi connectivity index (χ2n) is 6.41. The maximum absolute atomic E-state index is 12.5. The first-order chi connectivity index (χ1) is 9.63. The van der Waals surface area contributed by atoms with Gasteiger partial charge in [0.2, 0.25) is 10.0 Å². The second kappa shape index (κ2) is 5.09. The quantitative estimate of drug-likeness (QED) is 0.819. The maximum Gasteiger partial charge on any atom is 0.242 e. The van der Waals surface area contributed by atoms with Gasteiger partial charge in [-0.25, -0.2) is 13.1 Å². The number of nitrogens with zero attached hydrogens (tertiary/aromatic N) is 1. The normalized spacial score (nSPS) is 19.7. The van der Waals surface area contributed by atoms with Crippen molar-refractivity contribution in [2.24, 2.45) is 16.6 Å². The van der Waals surface area contributed by atoms with Gasteiger partial charge in [0, 0.05) is 24.0 Å². The molecule has 5 nitrogen and oxygen atoms in total. The van der Waals surface area contributed by atoms with E-state index in [0.717, 1.165) is 0 Å². The Morgan fingerprint density at radius 1 is 1.29 bits per heavy atom. The summed E-state index contributed by atoms with van der Waals surface area (Å²) in [5.41, 5.74) is 5.72. The number of sulfonamides is 1. The van der Waals surface area contributed by atoms with Crippen molar-refractivity contribution in [1.29, 1.82) is 0 Å². The van der Waals surface area contributed by atoms with Gasteiger partial charge in [0.25, 0.3) is 0 Å². The van der Waals surface area contributed by atoms with E-state index in [-0.39, 0.29) is 28.3 Å². The van der Waals surface area contributed by atoms with Crippen LogP contribution in [0.25, 0.3) is 0 Å². The highest BCUT2D eigenvalue weighted by Crippen LogP contribution is 2.62. The number of nitrogens with two attached hydrogens (primary N) is 1.